The Bertz CT molecular complexity index is 334. The molecule has 1 heterocycles. The van der Waals surface area contributed by atoms with Crippen LogP contribution >= 0.6 is 23.2 Å². The Morgan fingerprint density at radius 3 is 2.62 bits per heavy atom. The van der Waals surface area contributed by atoms with Crippen LogP contribution in [0, 0.1) is 5.41 Å². The molecule has 0 saturated carbocycles. The first kappa shape index (κ1) is 13.6. The zero-order valence-electron chi connectivity index (χ0n) is 9.93. The second-order valence-corrected chi connectivity index (χ2v) is 5.66. The molecule has 16 heavy (non-hydrogen) atoms. The van der Waals surface area contributed by atoms with Gasteiger partial charge in [-0.05, 0) is 24.0 Å². The molecule has 2 nitrogen and oxygen atoms in total. The van der Waals surface area contributed by atoms with Gasteiger partial charge in [-0.1, -0.05) is 32.4 Å². The van der Waals surface area contributed by atoms with Crippen molar-refractivity contribution in [3.05, 3.63) is 23.4 Å². The Hall–Kier alpha value is -0.470. The van der Waals surface area contributed by atoms with Crippen LogP contribution in [-0.4, -0.2) is 16.9 Å². The van der Waals surface area contributed by atoms with Crippen LogP contribution in [0.5, 0.6) is 0 Å². The second-order valence-electron chi connectivity index (χ2n) is 4.87. The van der Waals surface area contributed by atoms with Gasteiger partial charge >= 0.3 is 0 Å². The molecule has 90 valence electrons. The highest BCUT2D eigenvalue weighted by molar-refractivity contribution is 6.32. The molecule has 0 saturated heterocycles. The number of halogens is 2. The quantitative estimate of drug-likeness (QED) is 0.822. The van der Waals surface area contributed by atoms with Gasteiger partial charge in [0.25, 0.3) is 0 Å². The number of rotatable bonds is 4. The first-order valence-electron chi connectivity index (χ1n) is 5.38. The number of nitrogens with one attached hydrogen (secondary N) is 1. The predicted octanol–water partition coefficient (Wildman–Crippen LogP) is 4.19. The summed E-state index contributed by atoms with van der Waals surface area (Å²) < 4.78 is 0. The molecule has 0 radical (unpaired) electrons. The third-order valence-corrected chi connectivity index (χ3v) is 3.04. The Morgan fingerprint density at radius 1 is 1.44 bits per heavy atom. The smallest absolute Gasteiger partial charge is 0.144 e. The highest BCUT2D eigenvalue weighted by Crippen LogP contribution is 2.27. The number of hydrogen-bond acceptors (Lipinski definition) is 2. The van der Waals surface area contributed by atoms with Crippen molar-refractivity contribution >= 4 is 29.0 Å². The van der Waals surface area contributed by atoms with Crippen LogP contribution in [0.3, 0.4) is 0 Å². The molecular formula is C12H18Cl2N2. The van der Waals surface area contributed by atoms with Crippen molar-refractivity contribution in [3.8, 4) is 0 Å². The third-order valence-electron chi connectivity index (χ3n) is 2.51. The van der Waals surface area contributed by atoms with E-state index in [0.29, 0.717) is 10.9 Å². The average Bonchev–Trinajstić information content (AvgIpc) is 2.19. The summed E-state index contributed by atoms with van der Waals surface area (Å²) in [4.78, 5) is 4.23. The Balaban J connectivity index is 2.80. The molecule has 0 amide bonds. The second kappa shape index (κ2) is 5.74. The Kier molecular flexibility index (Phi) is 4.88. The van der Waals surface area contributed by atoms with Gasteiger partial charge < -0.3 is 5.32 Å². The number of anilines is 1. The van der Waals surface area contributed by atoms with Crippen molar-refractivity contribution in [1.82, 2.24) is 4.98 Å². The molecule has 0 aromatic carbocycles. The van der Waals surface area contributed by atoms with E-state index >= 15 is 0 Å². The maximum atomic E-state index is 6.06. The summed E-state index contributed by atoms with van der Waals surface area (Å²) >= 11 is 11.9. The summed E-state index contributed by atoms with van der Waals surface area (Å²) in [5, 5.41) is 4.01. The molecule has 1 aromatic rings. The van der Waals surface area contributed by atoms with Crippen LogP contribution in [-0.2, 0) is 0 Å². The number of pyridine rings is 1. The van der Waals surface area contributed by atoms with Crippen molar-refractivity contribution in [3.63, 3.8) is 0 Å². The molecule has 1 N–H and O–H groups in total. The SMILES string of the molecule is CC(C)(C)C(CCCl)Nc1ncccc1Cl. The topological polar surface area (TPSA) is 24.9 Å². The lowest BCUT2D eigenvalue weighted by molar-refractivity contribution is 0.334. The van der Waals surface area contributed by atoms with Gasteiger partial charge in [-0.25, -0.2) is 4.98 Å². The summed E-state index contributed by atoms with van der Waals surface area (Å²) in [6, 6.07) is 3.91. The van der Waals surface area contributed by atoms with Crippen molar-refractivity contribution in [2.75, 3.05) is 11.2 Å². The van der Waals surface area contributed by atoms with Crippen LogP contribution in [0.25, 0.3) is 0 Å². The summed E-state index contributed by atoms with van der Waals surface area (Å²) in [6.07, 6.45) is 2.62. The molecular weight excluding hydrogens is 243 g/mol. The first-order valence-corrected chi connectivity index (χ1v) is 6.29. The van der Waals surface area contributed by atoms with Crippen molar-refractivity contribution in [2.45, 2.75) is 33.2 Å². The van der Waals surface area contributed by atoms with Crippen LogP contribution in [0.2, 0.25) is 5.02 Å². The van der Waals surface area contributed by atoms with E-state index in [0.717, 1.165) is 12.2 Å². The maximum absolute atomic E-state index is 6.06. The predicted molar refractivity (Wildman–Crippen MR) is 71.4 cm³/mol. The fraction of sp³-hybridized carbons (Fsp3) is 0.583. The van der Waals surface area contributed by atoms with Gasteiger partial charge in [0, 0.05) is 18.1 Å². The maximum Gasteiger partial charge on any atom is 0.144 e. The minimum Gasteiger partial charge on any atom is -0.366 e. The van der Waals surface area contributed by atoms with E-state index in [-0.39, 0.29) is 11.5 Å². The number of aromatic nitrogens is 1. The Labute approximate surface area is 107 Å². The normalized spacial score (nSPS) is 13.6. The first-order chi connectivity index (χ1) is 7.45. The molecule has 0 spiro atoms. The molecule has 0 aliphatic rings. The minimum absolute atomic E-state index is 0.121. The molecule has 0 fully saturated rings. The molecule has 1 rings (SSSR count). The summed E-state index contributed by atoms with van der Waals surface area (Å²) in [6.45, 7) is 6.52. The van der Waals surface area contributed by atoms with Crippen LogP contribution in [0.4, 0.5) is 5.82 Å². The zero-order valence-corrected chi connectivity index (χ0v) is 11.4. The third kappa shape index (κ3) is 3.84. The van der Waals surface area contributed by atoms with Crippen LogP contribution < -0.4 is 5.32 Å². The van der Waals surface area contributed by atoms with Gasteiger partial charge in [0.2, 0.25) is 0 Å². The summed E-state index contributed by atoms with van der Waals surface area (Å²) in [5.41, 5.74) is 0.121. The highest BCUT2D eigenvalue weighted by atomic mass is 35.5. The van der Waals surface area contributed by atoms with Crippen molar-refractivity contribution < 1.29 is 0 Å². The van der Waals surface area contributed by atoms with Crippen LogP contribution in [0.1, 0.15) is 27.2 Å². The van der Waals surface area contributed by atoms with E-state index in [1.54, 1.807) is 6.20 Å². The molecule has 1 unspecified atom stereocenters. The van der Waals surface area contributed by atoms with Gasteiger partial charge in [-0.2, -0.15) is 0 Å². The van der Waals surface area contributed by atoms with Gasteiger partial charge in [-0.15, -0.1) is 11.6 Å². The Morgan fingerprint density at radius 2 is 2.12 bits per heavy atom. The van der Waals surface area contributed by atoms with Gasteiger partial charge in [0.1, 0.15) is 5.82 Å². The lowest BCUT2D eigenvalue weighted by Crippen LogP contribution is -2.34. The highest BCUT2D eigenvalue weighted by Gasteiger charge is 2.24. The van der Waals surface area contributed by atoms with E-state index in [1.165, 1.54) is 0 Å². The van der Waals surface area contributed by atoms with Crippen LogP contribution in [0.15, 0.2) is 18.3 Å². The van der Waals surface area contributed by atoms with Gasteiger partial charge in [0.05, 0.1) is 5.02 Å². The number of hydrogen-bond donors (Lipinski definition) is 1. The molecule has 0 bridgehead atoms. The van der Waals surface area contributed by atoms with Crippen molar-refractivity contribution in [2.24, 2.45) is 5.41 Å². The molecule has 1 aromatic heterocycles. The largest absolute Gasteiger partial charge is 0.366 e. The fourth-order valence-electron chi connectivity index (χ4n) is 1.49. The standard InChI is InChI=1S/C12H18Cl2N2/c1-12(2,3)10(6-7-13)16-11-9(14)5-4-8-15-11/h4-5,8,10H,6-7H2,1-3H3,(H,15,16). The minimum atomic E-state index is 0.121. The number of nitrogens with zero attached hydrogens (tertiary/aromatic N) is 1. The zero-order chi connectivity index (χ0) is 12.2. The van der Waals surface area contributed by atoms with E-state index in [2.05, 4.69) is 31.1 Å². The van der Waals surface area contributed by atoms with Gasteiger partial charge in [-0.3, -0.25) is 0 Å². The van der Waals surface area contributed by atoms with Crippen molar-refractivity contribution in [1.29, 1.82) is 0 Å². The summed E-state index contributed by atoms with van der Waals surface area (Å²) in [5.74, 6) is 1.36. The van der Waals surface area contributed by atoms with E-state index in [1.807, 2.05) is 12.1 Å². The van der Waals surface area contributed by atoms with Gasteiger partial charge in [0.15, 0.2) is 0 Å². The fourth-order valence-corrected chi connectivity index (χ4v) is 1.88. The monoisotopic (exact) mass is 260 g/mol. The number of alkyl halides is 1. The molecule has 0 aliphatic heterocycles. The lowest BCUT2D eigenvalue weighted by atomic mass is 9.85. The van der Waals surface area contributed by atoms with E-state index in [4.69, 9.17) is 23.2 Å². The molecule has 0 aliphatic carbocycles. The average molecular weight is 261 g/mol. The van der Waals surface area contributed by atoms with E-state index < -0.39 is 0 Å². The molecule has 1 atom stereocenters. The lowest BCUT2D eigenvalue weighted by Gasteiger charge is -2.31. The molecule has 4 heteroatoms. The summed E-state index contributed by atoms with van der Waals surface area (Å²) in [7, 11) is 0. The van der Waals surface area contributed by atoms with E-state index in [9.17, 15) is 0 Å².